The van der Waals surface area contributed by atoms with Crippen LogP contribution in [0.2, 0.25) is 0 Å². The normalized spacial score (nSPS) is 10.4. The third kappa shape index (κ3) is 4.06. The molecular formula is C12H20N2O2. The highest BCUT2D eigenvalue weighted by Gasteiger charge is 2.09. The Morgan fingerprint density at radius 2 is 2.06 bits per heavy atom. The van der Waals surface area contributed by atoms with E-state index in [1.165, 1.54) is 0 Å². The largest absolute Gasteiger partial charge is 0.395 e. The van der Waals surface area contributed by atoms with E-state index in [2.05, 4.69) is 4.57 Å². The predicted molar refractivity (Wildman–Crippen MR) is 63.0 cm³/mol. The molecule has 1 aromatic heterocycles. The van der Waals surface area contributed by atoms with Gasteiger partial charge in [-0.3, -0.25) is 4.79 Å². The Hall–Kier alpha value is -1.29. The molecule has 4 nitrogen and oxygen atoms in total. The van der Waals surface area contributed by atoms with Crippen molar-refractivity contribution >= 4 is 5.91 Å². The van der Waals surface area contributed by atoms with Crippen LogP contribution in [0.4, 0.5) is 0 Å². The number of aromatic nitrogens is 1. The van der Waals surface area contributed by atoms with E-state index >= 15 is 0 Å². The van der Waals surface area contributed by atoms with Crippen molar-refractivity contribution in [3.8, 4) is 0 Å². The lowest BCUT2D eigenvalue weighted by atomic mass is 10.2. The highest BCUT2D eigenvalue weighted by atomic mass is 16.3. The third-order valence-corrected chi connectivity index (χ3v) is 2.58. The first-order chi connectivity index (χ1) is 7.77. The van der Waals surface area contributed by atoms with Gasteiger partial charge in [-0.25, -0.2) is 0 Å². The summed E-state index contributed by atoms with van der Waals surface area (Å²) in [6, 6.07) is 3.96. The van der Waals surface area contributed by atoms with Gasteiger partial charge in [0.25, 0.3) is 0 Å². The summed E-state index contributed by atoms with van der Waals surface area (Å²) in [6.45, 7) is 3.95. The fourth-order valence-corrected chi connectivity index (χ4v) is 1.67. The number of rotatable bonds is 7. The second-order valence-corrected chi connectivity index (χ2v) is 3.72. The van der Waals surface area contributed by atoms with E-state index in [0.29, 0.717) is 19.5 Å². The lowest BCUT2D eigenvalue weighted by Crippen LogP contribution is -2.33. The van der Waals surface area contributed by atoms with Gasteiger partial charge in [-0.15, -0.1) is 0 Å². The highest BCUT2D eigenvalue weighted by molar-refractivity contribution is 5.76. The molecule has 90 valence electrons. The minimum atomic E-state index is 0.0389. The maximum atomic E-state index is 11.7. The summed E-state index contributed by atoms with van der Waals surface area (Å²) >= 11 is 0. The molecule has 0 aliphatic rings. The van der Waals surface area contributed by atoms with Crippen molar-refractivity contribution in [2.45, 2.75) is 26.3 Å². The highest BCUT2D eigenvalue weighted by Crippen LogP contribution is 2.01. The van der Waals surface area contributed by atoms with Crippen LogP contribution >= 0.6 is 0 Å². The number of hydrogen-bond donors (Lipinski definition) is 1. The van der Waals surface area contributed by atoms with Crippen LogP contribution in [0, 0.1) is 0 Å². The van der Waals surface area contributed by atoms with Gasteiger partial charge >= 0.3 is 0 Å². The number of nitrogens with zero attached hydrogens (tertiary/aromatic N) is 2. The van der Waals surface area contributed by atoms with E-state index < -0.39 is 0 Å². The van der Waals surface area contributed by atoms with Gasteiger partial charge < -0.3 is 14.6 Å². The zero-order valence-electron chi connectivity index (χ0n) is 9.80. The average Bonchev–Trinajstić information content (AvgIpc) is 2.78. The van der Waals surface area contributed by atoms with Crippen LogP contribution in [0.5, 0.6) is 0 Å². The fourth-order valence-electron chi connectivity index (χ4n) is 1.67. The van der Waals surface area contributed by atoms with Crippen LogP contribution in [0.25, 0.3) is 0 Å². The minimum absolute atomic E-state index is 0.0389. The third-order valence-electron chi connectivity index (χ3n) is 2.58. The summed E-state index contributed by atoms with van der Waals surface area (Å²) in [4.78, 5) is 13.4. The number of aliphatic hydroxyl groups is 1. The second-order valence-electron chi connectivity index (χ2n) is 3.72. The summed E-state index contributed by atoms with van der Waals surface area (Å²) < 4.78 is 2.07. The first kappa shape index (κ1) is 12.8. The number of hydrogen-bond acceptors (Lipinski definition) is 2. The summed E-state index contributed by atoms with van der Waals surface area (Å²) in [6.07, 6.45) is 5.38. The second kappa shape index (κ2) is 7.06. The van der Waals surface area contributed by atoms with Gasteiger partial charge in [-0.1, -0.05) is 0 Å². The summed E-state index contributed by atoms with van der Waals surface area (Å²) in [5.41, 5.74) is 0. The molecule has 0 saturated carbocycles. The molecule has 4 heteroatoms. The molecule has 1 N–H and O–H groups in total. The Kier molecular flexibility index (Phi) is 5.64. The van der Waals surface area contributed by atoms with Crippen LogP contribution in [0.15, 0.2) is 24.5 Å². The number of carbonyl (C=O) groups excluding carboxylic acids is 1. The van der Waals surface area contributed by atoms with Crippen molar-refractivity contribution in [2.24, 2.45) is 0 Å². The maximum absolute atomic E-state index is 11.7. The van der Waals surface area contributed by atoms with Gasteiger partial charge in [0.1, 0.15) is 0 Å². The van der Waals surface area contributed by atoms with Crippen LogP contribution in [0.1, 0.15) is 19.8 Å². The molecule has 0 spiro atoms. The van der Waals surface area contributed by atoms with Gasteiger partial charge in [0.2, 0.25) is 5.91 Å². The maximum Gasteiger partial charge on any atom is 0.222 e. The number of amides is 1. The van der Waals surface area contributed by atoms with E-state index in [9.17, 15) is 4.79 Å². The SMILES string of the molecule is CCN(CCO)C(=O)CCCn1cccc1. The average molecular weight is 224 g/mol. The van der Waals surface area contributed by atoms with Crippen LogP contribution in [-0.4, -0.2) is 40.2 Å². The first-order valence-electron chi connectivity index (χ1n) is 5.77. The molecule has 0 bridgehead atoms. The molecule has 0 saturated heterocycles. The molecule has 1 amide bonds. The molecule has 1 aromatic rings. The minimum Gasteiger partial charge on any atom is -0.395 e. The van der Waals surface area contributed by atoms with E-state index in [1.807, 2.05) is 31.5 Å². The van der Waals surface area contributed by atoms with E-state index in [0.717, 1.165) is 13.0 Å². The smallest absolute Gasteiger partial charge is 0.222 e. The van der Waals surface area contributed by atoms with Crippen molar-refractivity contribution in [2.75, 3.05) is 19.7 Å². The molecule has 0 radical (unpaired) electrons. The van der Waals surface area contributed by atoms with Gasteiger partial charge in [0.15, 0.2) is 0 Å². The monoisotopic (exact) mass is 224 g/mol. The Balaban J connectivity index is 2.23. The summed E-state index contributed by atoms with van der Waals surface area (Å²) in [7, 11) is 0. The quantitative estimate of drug-likeness (QED) is 0.754. The van der Waals surface area contributed by atoms with Crippen LogP contribution < -0.4 is 0 Å². The van der Waals surface area contributed by atoms with E-state index in [-0.39, 0.29) is 12.5 Å². The van der Waals surface area contributed by atoms with Gasteiger partial charge in [-0.2, -0.15) is 0 Å². The van der Waals surface area contributed by atoms with E-state index in [4.69, 9.17) is 5.11 Å². The van der Waals surface area contributed by atoms with Crippen molar-refractivity contribution in [3.63, 3.8) is 0 Å². The molecule has 1 rings (SSSR count). The fraction of sp³-hybridized carbons (Fsp3) is 0.583. The van der Waals surface area contributed by atoms with Gasteiger partial charge in [0.05, 0.1) is 6.61 Å². The number of likely N-dealkylation sites (N-methyl/N-ethyl adjacent to an activating group) is 1. The van der Waals surface area contributed by atoms with Gasteiger partial charge in [0, 0.05) is 38.4 Å². The summed E-state index contributed by atoms with van der Waals surface area (Å²) in [5.74, 6) is 0.128. The number of carbonyl (C=O) groups is 1. The van der Waals surface area contributed by atoms with Crippen LogP contribution in [-0.2, 0) is 11.3 Å². The Labute approximate surface area is 96.5 Å². The molecule has 0 aromatic carbocycles. The number of aliphatic hydroxyl groups excluding tert-OH is 1. The topological polar surface area (TPSA) is 45.5 Å². The molecule has 16 heavy (non-hydrogen) atoms. The predicted octanol–water partition coefficient (Wildman–Crippen LogP) is 1.11. The standard InChI is InChI=1S/C12H20N2O2/c1-2-14(10-11-15)12(16)6-5-9-13-7-3-4-8-13/h3-4,7-8,15H,2,5-6,9-11H2,1H3. The molecule has 0 aliphatic carbocycles. The lowest BCUT2D eigenvalue weighted by molar-refractivity contribution is -0.131. The molecule has 0 atom stereocenters. The van der Waals surface area contributed by atoms with Gasteiger partial charge in [-0.05, 0) is 25.5 Å². The van der Waals surface area contributed by atoms with Crippen molar-refractivity contribution in [1.82, 2.24) is 9.47 Å². The molecule has 0 fully saturated rings. The first-order valence-corrected chi connectivity index (χ1v) is 5.77. The summed E-state index contributed by atoms with van der Waals surface area (Å²) in [5, 5.41) is 8.79. The Morgan fingerprint density at radius 1 is 1.38 bits per heavy atom. The zero-order chi connectivity index (χ0) is 11.8. The number of aryl methyl sites for hydroxylation is 1. The lowest BCUT2D eigenvalue weighted by Gasteiger charge is -2.19. The van der Waals surface area contributed by atoms with E-state index in [1.54, 1.807) is 4.90 Å². The van der Waals surface area contributed by atoms with Crippen molar-refractivity contribution in [3.05, 3.63) is 24.5 Å². The molecular weight excluding hydrogens is 204 g/mol. The molecule has 0 aliphatic heterocycles. The van der Waals surface area contributed by atoms with Crippen LogP contribution in [0.3, 0.4) is 0 Å². The Morgan fingerprint density at radius 3 is 2.62 bits per heavy atom. The molecule has 0 unspecified atom stereocenters. The molecule has 1 heterocycles. The van der Waals surface area contributed by atoms with Crippen molar-refractivity contribution in [1.29, 1.82) is 0 Å². The van der Waals surface area contributed by atoms with Crippen molar-refractivity contribution < 1.29 is 9.90 Å². The zero-order valence-corrected chi connectivity index (χ0v) is 9.80. The Bertz CT molecular complexity index is 296.